The predicted molar refractivity (Wildman–Crippen MR) is 125 cm³/mol. The van der Waals surface area contributed by atoms with Gasteiger partial charge in [0, 0.05) is 60.4 Å². The zero-order chi connectivity index (χ0) is 22.5. The second kappa shape index (κ2) is 7.74. The molecule has 6 rings (SSSR count). The van der Waals surface area contributed by atoms with Crippen LogP contribution in [0.4, 0.5) is 0 Å². The second-order valence-electron chi connectivity index (χ2n) is 9.17. The van der Waals surface area contributed by atoms with Gasteiger partial charge in [0.2, 0.25) is 0 Å². The van der Waals surface area contributed by atoms with E-state index in [4.69, 9.17) is 4.42 Å². The lowest BCUT2D eigenvalue weighted by atomic mass is 9.83. The van der Waals surface area contributed by atoms with Crippen molar-refractivity contribution < 1.29 is 14.3 Å². The Labute approximate surface area is 190 Å². The van der Waals surface area contributed by atoms with Gasteiger partial charge in [0.1, 0.15) is 17.6 Å². The molecule has 2 atom stereocenters. The molecule has 0 aliphatic carbocycles. The highest BCUT2D eigenvalue weighted by Gasteiger charge is 2.35. The summed E-state index contributed by atoms with van der Waals surface area (Å²) in [7, 11) is 0. The van der Waals surface area contributed by atoms with E-state index in [2.05, 4.69) is 11.0 Å². The largest absolute Gasteiger partial charge is 0.508 e. The molecular weight excluding hydrogens is 416 g/mol. The van der Waals surface area contributed by atoms with Gasteiger partial charge >= 0.3 is 0 Å². The molecule has 0 amide bonds. The summed E-state index contributed by atoms with van der Waals surface area (Å²) in [6.45, 7) is 2.88. The number of benzene rings is 2. The number of aromatic hydroxyl groups is 1. The molecule has 166 valence electrons. The van der Waals surface area contributed by atoms with E-state index in [1.807, 2.05) is 28.8 Å². The standard InChI is InChI=1S/C27H24N2O4/c30-23-9-10-24-26(21(16-33-24)27(32)18-5-2-1-3-6-18)20(23)15-28-12-17-11-19(14-28)22-7-4-8-25(31)29(22)13-17/h1-10,16-17,19,30H,11-15H2. The van der Waals surface area contributed by atoms with Gasteiger partial charge in [-0.25, -0.2) is 0 Å². The maximum atomic E-state index is 13.2. The molecule has 6 nitrogen and oxygen atoms in total. The Kier molecular flexibility index (Phi) is 4.69. The number of phenols is 1. The van der Waals surface area contributed by atoms with E-state index >= 15 is 0 Å². The van der Waals surface area contributed by atoms with Gasteiger partial charge in [0.25, 0.3) is 5.56 Å². The number of pyridine rings is 1. The number of nitrogens with zero attached hydrogens (tertiary/aromatic N) is 2. The molecule has 1 fully saturated rings. The summed E-state index contributed by atoms with van der Waals surface area (Å²) in [6, 6.07) is 18.0. The van der Waals surface area contributed by atoms with Crippen LogP contribution in [0.1, 0.15) is 39.5 Å². The normalized spacial score (nSPS) is 20.0. The van der Waals surface area contributed by atoms with Crippen molar-refractivity contribution in [3.8, 4) is 5.75 Å². The van der Waals surface area contributed by atoms with E-state index in [-0.39, 0.29) is 23.0 Å². The summed E-state index contributed by atoms with van der Waals surface area (Å²) in [5.74, 6) is 0.707. The number of hydrogen-bond acceptors (Lipinski definition) is 5. The molecule has 2 aliphatic heterocycles. The highest BCUT2D eigenvalue weighted by atomic mass is 16.3. The SMILES string of the molecule is O=C(c1ccccc1)c1coc2ccc(O)c(CN3CC4CC(C3)c3cccc(=O)n3C4)c12. The molecule has 4 heterocycles. The first kappa shape index (κ1) is 20.0. The Morgan fingerprint density at radius 1 is 1.00 bits per heavy atom. The van der Waals surface area contributed by atoms with Crippen LogP contribution in [-0.4, -0.2) is 33.4 Å². The van der Waals surface area contributed by atoms with E-state index < -0.39 is 0 Å². The fourth-order valence-electron chi connectivity index (χ4n) is 5.61. The lowest BCUT2D eigenvalue weighted by molar-refractivity contribution is 0.103. The van der Waals surface area contributed by atoms with E-state index in [1.54, 1.807) is 30.3 Å². The van der Waals surface area contributed by atoms with E-state index in [1.165, 1.54) is 6.26 Å². The minimum atomic E-state index is -0.120. The van der Waals surface area contributed by atoms with E-state index in [0.29, 0.717) is 40.1 Å². The van der Waals surface area contributed by atoms with Crippen molar-refractivity contribution >= 4 is 16.8 Å². The summed E-state index contributed by atoms with van der Waals surface area (Å²) in [4.78, 5) is 27.9. The fourth-order valence-corrected chi connectivity index (χ4v) is 5.61. The summed E-state index contributed by atoms with van der Waals surface area (Å²) in [5.41, 5.74) is 3.53. The van der Waals surface area contributed by atoms with Gasteiger partial charge in [-0.2, -0.15) is 0 Å². The minimum Gasteiger partial charge on any atom is -0.508 e. The molecular formula is C27H24N2O4. The number of likely N-dealkylation sites (tertiary alicyclic amines) is 1. The number of phenolic OH excluding ortho intramolecular Hbond substituents is 1. The fraction of sp³-hybridized carbons (Fsp3) is 0.259. The highest BCUT2D eigenvalue weighted by molar-refractivity contribution is 6.16. The van der Waals surface area contributed by atoms with Crippen LogP contribution in [0.15, 0.2) is 76.1 Å². The zero-order valence-corrected chi connectivity index (χ0v) is 18.1. The third-order valence-corrected chi connectivity index (χ3v) is 7.04. The third-order valence-electron chi connectivity index (χ3n) is 7.04. The van der Waals surface area contributed by atoms with Crippen molar-refractivity contribution in [2.24, 2.45) is 5.92 Å². The van der Waals surface area contributed by atoms with Gasteiger partial charge in [-0.05, 0) is 30.5 Å². The molecule has 1 saturated heterocycles. The van der Waals surface area contributed by atoms with Gasteiger partial charge in [0.05, 0.1) is 5.56 Å². The molecule has 2 unspecified atom stereocenters. The number of hydrogen-bond donors (Lipinski definition) is 1. The monoisotopic (exact) mass is 440 g/mol. The molecule has 4 aromatic rings. The number of ketones is 1. The average Bonchev–Trinajstić information content (AvgIpc) is 3.26. The molecule has 0 saturated carbocycles. The Morgan fingerprint density at radius 2 is 1.85 bits per heavy atom. The molecule has 2 aliphatic rings. The van der Waals surface area contributed by atoms with Crippen LogP contribution < -0.4 is 5.56 Å². The number of piperidine rings is 1. The Morgan fingerprint density at radius 3 is 2.70 bits per heavy atom. The first-order valence-electron chi connectivity index (χ1n) is 11.3. The summed E-state index contributed by atoms with van der Waals surface area (Å²) in [6.07, 6.45) is 2.57. The van der Waals surface area contributed by atoms with Gasteiger partial charge in [-0.1, -0.05) is 36.4 Å². The average molecular weight is 440 g/mol. The van der Waals surface area contributed by atoms with Crippen LogP contribution >= 0.6 is 0 Å². The topological polar surface area (TPSA) is 75.7 Å². The number of rotatable bonds is 4. The van der Waals surface area contributed by atoms with E-state index in [9.17, 15) is 14.7 Å². The van der Waals surface area contributed by atoms with E-state index in [0.717, 1.165) is 31.7 Å². The third kappa shape index (κ3) is 3.38. The molecule has 33 heavy (non-hydrogen) atoms. The van der Waals surface area contributed by atoms with Crippen LogP contribution in [0.2, 0.25) is 0 Å². The van der Waals surface area contributed by atoms with Crippen molar-refractivity contribution in [1.29, 1.82) is 0 Å². The van der Waals surface area contributed by atoms with Gasteiger partial charge in [-0.15, -0.1) is 0 Å². The van der Waals surface area contributed by atoms with Crippen molar-refractivity contribution in [1.82, 2.24) is 9.47 Å². The molecule has 0 spiro atoms. The van der Waals surface area contributed by atoms with Crippen LogP contribution in [0.3, 0.4) is 0 Å². The number of fused-ring (bicyclic) bond motifs is 5. The van der Waals surface area contributed by atoms with Crippen molar-refractivity contribution in [2.45, 2.75) is 25.4 Å². The zero-order valence-electron chi connectivity index (χ0n) is 18.1. The highest BCUT2D eigenvalue weighted by Crippen LogP contribution is 2.38. The van der Waals surface area contributed by atoms with Crippen LogP contribution in [-0.2, 0) is 13.1 Å². The van der Waals surface area contributed by atoms with Gasteiger partial charge in [-0.3, -0.25) is 14.5 Å². The molecule has 0 radical (unpaired) electrons. The molecule has 2 aromatic heterocycles. The maximum absolute atomic E-state index is 13.2. The lowest BCUT2D eigenvalue weighted by Crippen LogP contribution is -2.46. The number of carbonyl (C=O) groups is 1. The number of furan rings is 1. The smallest absolute Gasteiger partial charge is 0.250 e. The predicted octanol–water partition coefficient (Wildman–Crippen LogP) is 4.15. The quantitative estimate of drug-likeness (QED) is 0.483. The van der Waals surface area contributed by atoms with Crippen LogP contribution in [0.5, 0.6) is 5.75 Å². The summed E-state index contributed by atoms with van der Waals surface area (Å²) >= 11 is 0. The molecule has 2 aromatic carbocycles. The summed E-state index contributed by atoms with van der Waals surface area (Å²) in [5, 5.41) is 11.5. The molecule has 2 bridgehead atoms. The first-order chi connectivity index (χ1) is 16.1. The maximum Gasteiger partial charge on any atom is 0.250 e. The summed E-state index contributed by atoms with van der Waals surface area (Å²) < 4.78 is 7.64. The number of aromatic nitrogens is 1. The molecule has 1 N–H and O–H groups in total. The second-order valence-corrected chi connectivity index (χ2v) is 9.17. The Hall–Kier alpha value is -3.64. The first-order valence-corrected chi connectivity index (χ1v) is 11.3. The Balaban J connectivity index is 1.36. The Bertz CT molecular complexity index is 1420. The van der Waals surface area contributed by atoms with Crippen molar-refractivity contribution in [2.75, 3.05) is 13.1 Å². The number of carbonyl (C=O) groups excluding carboxylic acids is 1. The van der Waals surface area contributed by atoms with Gasteiger partial charge in [0.15, 0.2) is 5.78 Å². The van der Waals surface area contributed by atoms with Crippen LogP contribution in [0, 0.1) is 5.92 Å². The van der Waals surface area contributed by atoms with Crippen LogP contribution in [0.25, 0.3) is 11.0 Å². The lowest BCUT2D eigenvalue weighted by Gasteiger charge is -2.42. The molecule has 6 heteroatoms. The van der Waals surface area contributed by atoms with Crippen molar-refractivity contribution in [3.05, 3.63) is 99.7 Å². The van der Waals surface area contributed by atoms with Gasteiger partial charge < -0.3 is 14.1 Å². The van der Waals surface area contributed by atoms with Crippen molar-refractivity contribution in [3.63, 3.8) is 0 Å². The minimum absolute atomic E-state index is 0.0699.